The Kier molecular flexibility index (Phi) is 12.6. The molecule has 0 radical (unpaired) electrons. The molecule has 6 nitrogen and oxygen atoms in total. The Balaban J connectivity index is 3.09. The summed E-state index contributed by atoms with van der Waals surface area (Å²) >= 11 is 0. The van der Waals surface area contributed by atoms with Gasteiger partial charge in [-0.1, -0.05) is 0 Å². The molecule has 98 valence electrons. The second-order valence-corrected chi connectivity index (χ2v) is 3.16. The van der Waals surface area contributed by atoms with Crippen LogP contribution in [0.1, 0.15) is 0 Å². The van der Waals surface area contributed by atoms with Gasteiger partial charge in [0, 0.05) is 27.3 Å². The molecular formula is C10H23NO5. The van der Waals surface area contributed by atoms with Crippen molar-refractivity contribution in [2.45, 2.75) is 0 Å². The fourth-order valence-electron chi connectivity index (χ4n) is 0.940. The highest BCUT2D eigenvalue weighted by molar-refractivity contribution is 4.44. The van der Waals surface area contributed by atoms with Gasteiger partial charge in [0.1, 0.15) is 0 Å². The fraction of sp³-hybridized carbons (Fsp3) is 1.00. The van der Waals surface area contributed by atoms with E-state index in [4.69, 9.17) is 18.9 Å². The molecule has 1 N–H and O–H groups in total. The Hall–Kier alpha value is -0.240. The van der Waals surface area contributed by atoms with Crippen molar-refractivity contribution in [3.05, 3.63) is 0 Å². The van der Waals surface area contributed by atoms with E-state index in [1.54, 1.807) is 14.2 Å². The van der Waals surface area contributed by atoms with Crippen LogP contribution in [0.3, 0.4) is 0 Å². The summed E-state index contributed by atoms with van der Waals surface area (Å²) in [7, 11) is 3.25. The molecule has 0 aromatic heterocycles. The molecule has 0 spiro atoms. The van der Waals surface area contributed by atoms with Crippen molar-refractivity contribution in [2.24, 2.45) is 0 Å². The first-order valence-corrected chi connectivity index (χ1v) is 5.38. The van der Waals surface area contributed by atoms with Crippen molar-refractivity contribution in [2.75, 3.05) is 67.0 Å². The molecule has 6 heteroatoms. The van der Waals surface area contributed by atoms with E-state index in [0.29, 0.717) is 52.7 Å². The van der Waals surface area contributed by atoms with E-state index in [2.05, 4.69) is 0 Å². The van der Waals surface area contributed by atoms with Gasteiger partial charge in [0.15, 0.2) is 0 Å². The lowest BCUT2D eigenvalue weighted by Crippen LogP contribution is -2.28. The predicted molar refractivity (Wildman–Crippen MR) is 58.7 cm³/mol. The van der Waals surface area contributed by atoms with Gasteiger partial charge in [0.05, 0.1) is 39.6 Å². The normalized spacial score (nSPS) is 11.2. The predicted octanol–water partition coefficient (Wildman–Crippen LogP) is 0.00360. The van der Waals surface area contributed by atoms with Crippen LogP contribution in [0.15, 0.2) is 0 Å². The second kappa shape index (κ2) is 12.8. The maximum Gasteiger partial charge on any atom is 0.0700 e. The average Bonchev–Trinajstić information content (AvgIpc) is 2.28. The van der Waals surface area contributed by atoms with Crippen LogP contribution in [0.25, 0.3) is 0 Å². The highest BCUT2D eigenvalue weighted by Gasteiger charge is 1.99. The zero-order valence-corrected chi connectivity index (χ0v) is 10.2. The van der Waals surface area contributed by atoms with Crippen LogP contribution in [0.5, 0.6) is 0 Å². The minimum Gasteiger partial charge on any atom is -0.382 e. The van der Waals surface area contributed by atoms with Crippen LogP contribution in [-0.4, -0.2) is 77.2 Å². The van der Waals surface area contributed by atoms with Gasteiger partial charge in [-0.2, -0.15) is 5.06 Å². The number of rotatable bonds is 12. The highest BCUT2D eigenvalue weighted by atomic mass is 16.5. The van der Waals surface area contributed by atoms with Gasteiger partial charge >= 0.3 is 0 Å². The fourth-order valence-corrected chi connectivity index (χ4v) is 0.940. The highest BCUT2D eigenvalue weighted by Crippen LogP contribution is 1.85. The van der Waals surface area contributed by atoms with E-state index >= 15 is 0 Å². The molecular weight excluding hydrogens is 214 g/mol. The van der Waals surface area contributed by atoms with E-state index in [1.807, 2.05) is 0 Å². The summed E-state index contributed by atoms with van der Waals surface area (Å²) in [6.07, 6.45) is 0. The molecule has 0 saturated heterocycles. The van der Waals surface area contributed by atoms with Gasteiger partial charge in [-0.15, -0.1) is 0 Å². The summed E-state index contributed by atoms with van der Waals surface area (Å²) in [5, 5.41) is 10.6. The Bertz CT molecular complexity index is 122. The van der Waals surface area contributed by atoms with Crippen molar-refractivity contribution in [3.8, 4) is 0 Å². The van der Waals surface area contributed by atoms with E-state index in [1.165, 1.54) is 5.06 Å². The molecule has 0 saturated carbocycles. The maximum atomic E-state index is 9.37. The molecule has 0 aromatic carbocycles. The number of hydrogen-bond acceptors (Lipinski definition) is 6. The molecule has 0 fully saturated rings. The minimum absolute atomic E-state index is 0.470. The lowest BCUT2D eigenvalue weighted by atomic mass is 10.6. The maximum absolute atomic E-state index is 9.37. The van der Waals surface area contributed by atoms with Crippen LogP contribution < -0.4 is 0 Å². The van der Waals surface area contributed by atoms with E-state index < -0.39 is 0 Å². The summed E-state index contributed by atoms with van der Waals surface area (Å²) < 4.78 is 20.0. The number of methoxy groups -OCH3 is 2. The largest absolute Gasteiger partial charge is 0.382 e. The van der Waals surface area contributed by atoms with Gasteiger partial charge in [-0.25, -0.2) is 0 Å². The third kappa shape index (κ3) is 11.8. The Morgan fingerprint density at radius 3 is 1.56 bits per heavy atom. The lowest BCUT2D eigenvalue weighted by Gasteiger charge is -2.14. The summed E-state index contributed by atoms with van der Waals surface area (Å²) in [6, 6.07) is 0. The molecule has 16 heavy (non-hydrogen) atoms. The standard InChI is InChI=1S/C10H23NO5/c1-13-7-9-15-5-3-11(12)4-6-16-10-8-14-2/h12H,3-10H2,1-2H3. The van der Waals surface area contributed by atoms with Crippen LogP contribution in [0, 0.1) is 0 Å². The molecule has 0 heterocycles. The third-order valence-corrected chi connectivity index (χ3v) is 1.85. The van der Waals surface area contributed by atoms with Gasteiger partial charge in [0.2, 0.25) is 0 Å². The number of hydroxylamine groups is 2. The smallest absolute Gasteiger partial charge is 0.0700 e. The zero-order valence-electron chi connectivity index (χ0n) is 10.2. The van der Waals surface area contributed by atoms with Crippen molar-refractivity contribution in [1.29, 1.82) is 0 Å². The van der Waals surface area contributed by atoms with Crippen LogP contribution in [0.4, 0.5) is 0 Å². The molecule has 0 unspecified atom stereocenters. The second-order valence-electron chi connectivity index (χ2n) is 3.16. The van der Waals surface area contributed by atoms with Gasteiger partial charge in [0.25, 0.3) is 0 Å². The Morgan fingerprint density at radius 2 is 1.19 bits per heavy atom. The van der Waals surface area contributed by atoms with E-state index in [-0.39, 0.29) is 0 Å². The summed E-state index contributed by atoms with van der Waals surface area (Å²) in [5.74, 6) is 0. The quantitative estimate of drug-likeness (QED) is 0.381. The van der Waals surface area contributed by atoms with Gasteiger partial charge in [-0.3, -0.25) is 0 Å². The van der Waals surface area contributed by atoms with Gasteiger partial charge in [-0.05, 0) is 0 Å². The van der Waals surface area contributed by atoms with Gasteiger partial charge < -0.3 is 24.2 Å². The first-order chi connectivity index (χ1) is 7.81. The first kappa shape index (κ1) is 15.8. The van der Waals surface area contributed by atoms with Crippen molar-refractivity contribution < 1.29 is 24.2 Å². The molecule has 0 amide bonds. The Morgan fingerprint density at radius 1 is 0.750 bits per heavy atom. The Labute approximate surface area is 97.0 Å². The average molecular weight is 237 g/mol. The lowest BCUT2D eigenvalue weighted by molar-refractivity contribution is -0.117. The van der Waals surface area contributed by atoms with Crippen molar-refractivity contribution in [1.82, 2.24) is 5.06 Å². The number of nitrogens with zero attached hydrogens (tertiary/aromatic N) is 1. The molecule has 0 bridgehead atoms. The summed E-state index contributed by atoms with van der Waals surface area (Å²) in [6.45, 7) is 4.16. The van der Waals surface area contributed by atoms with Crippen LogP contribution >= 0.6 is 0 Å². The van der Waals surface area contributed by atoms with Crippen LogP contribution in [-0.2, 0) is 18.9 Å². The molecule has 0 aliphatic rings. The van der Waals surface area contributed by atoms with Crippen LogP contribution in [0.2, 0.25) is 0 Å². The molecule has 0 aromatic rings. The third-order valence-electron chi connectivity index (χ3n) is 1.85. The van der Waals surface area contributed by atoms with E-state index in [9.17, 15) is 5.21 Å². The first-order valence-electron chi connectivity index (χ1n) is 5.38. The molecule has 0 aliphatic heterocycles. The topological polar surface area (TPSA) is 60.4 Å². The molecule has 0 atom stereocenters. The van der Waals surface area contributed by atoms with E-state index in [0.717, 1.165) is 0 Å². The number of hydrogen-bond donors (Lipinski definition) is 1. The van der Waals surface area contributed by atoms with Crippen molar-refractivity contribution in [3.63, 3.8) is 0 Å². The minimum atomic E-state index is 0.470. The zero-order chi connectivity index (χ0) is 12.1. The SMILES string of the molecule is COCCOCCN(O)CCOCCOC. The monoisotopic (exact) mass is 237 g/mol. The molecule has 0 aliphatic carbocycles. The number of ether oxygens (including phenoxy) is 4. The summed E-state index contributed by atoms with van der Waals surface area (Å²) in [5.41, 5.74) is 0. The molecule has 0 rings (SSSR count). The van der Waals surface area contributed by atoms with Crippen molar-refractivity contribution >= 4 is 0 Å². The summed E-state index contributed by atoms with van der Waals surface area (Å²) in [4.78, 5) is 0.